The topological polar surface area (TPSA) is 73.1 Å². The van der Waals surface area contributed by atoms with Crippen molar-refractivity contribution in [2.75, 3.05) is 6.67 Å². The number of aromatic nitrogens is 4. The van der Waals surface area contributed by atoms with Gasteiger partial charge in [0, 0.05) is 12.3 Å². The number of pyridine rings is 1. The fourth-order valence-electron chi connectivity index (χ4n) is 4.99. The fourth-order valence-corrected chi connectivity index (χ4v) is 4.99. The van der Waals surface area contributed by atoms with Crippen LogP contribution in [0.3, 0.4) is 0 Å². The van der Waals surface area contributed by atoms with E-state index in [2.05, 4.69) is 15.2 Å². The van der Waals surface area contributed by atoms with Gasteiger partial charge in [0.25, 0.3) is 5.91 Å². The molecule has 3 aromatic rings. The van der Waals surface area contributed by atoms with Gasteiger partial charge < -0.3 is 9.64 Å². The summed E-state index contributed by atoms with van der Waals surface area (Å²) < 4.78 is 58.6. The van der Waals surface area contributed by atoms with Crippen molar-refractivity contribution in [2.45, 2.75) is 43.6 Å². The van der Waals surface area contributed by atoms with Gasteiger partial charge in [0.2, 0.25) is 5.88 Å². The summed E-state index contributed by atoms with van der Waals surface area (Å²) in [5.74, 6) is -0.455. The summed E-state index contributed by atoms with van der Waals surface area (Å²) in [5, 5.41) is 8.21. The van der Waals surface area contributed by atoms with E-state index in [0.717, 1.165) is 18.7 Å². The average Bonchev–Trinajstić information content (AvgIpc) is 3.38. The number of alkyl halides is 4. The highest BCUT2D eigenvalue weighted by molar-refractivity contribution is 5.98. The van der Waals surface area contributed by atoms with Gasteiger partial charge in [0.05, 0.1) is 41.3 Å². The van der Waals surface area contributed by atoms with E-state index in [1.807, 2.05) is 0 Å². The second kappa shape index (κ2) is 8.69. The molecule has 11 heteroatoms. The Morgan fingerprint density at radius 1 is 1.09 bits per heavy atom. The van der Waals surface area contributed by atoms with Gasteiger partial charge in [-0.15, -0.1) is 0 Å². The molecule has 1 saturated carbocycles. The molecule has 0 unspecified atom stereocenters. The SMILES string of the molecule is O=C(c1ccccc1-n1nccn1)N1[C@H](CF)[C@@H]2CC[C@H]1[C@H](Oc1ccc(C(F)(F)F)cn1)C2. The Balaban J connectivity index is 1.43. The number of halogens is 4. The molecule has 3 fully saturated rings. The predicted molar refractivity (Wildman–Crippen MR) is 112 cm³/mol. The van der Waals surface area contributed by atoms with Crippen molar-refractivity contribution in [1.29, 1.82) is 0 Å². The Labute approximate surface area is 192 Å². The van der Waals surface area contributed by atoms with E-state index in [1.165, 1.54) is 28.2 Å². The monoisotopic (exact) mass is 475 g/mol. The van der Waals surface area contributed by atoms with Gasteiger partial charge in [0.1, 0.15) is 12.8 Å². The van der Waals surface area contributed by atoms with E-state index in [9.17, 15) is 22.4 Å². The first kappa shape index (κ1) is 22.3. The van der Waals surface area contributed by atoms with Gasteiger partial charge in [0.15, 0.2) is 0 Å². The van der Waals surface area contributed by atoms with Gasteiger partial charge >= 0.3 is 6.18 Å². The van der Waals surface area contributed by atoms with Crippen LogP contribution in [0, 0.1) is 5.92 Å². The van der Waals surface area contributed by atoms with Crippen molar-refractivity contribution >= 4 is 5.91 Å². The fraction of sp³-hybridized carbons (Fsp3) is 0.391. The summed E-state index contributed by atoms with van der Waals surface area (Å²) >= 11 is 0. The number of para-hydroxylation sites is 1. The van der Waals surface area contributed by atoms with Crippen molar-refractivity contribution in [1.82, 2.24) is 24.9 Å². The molecule has 2 aromatic heterocycles. The smallest absolute Gasteiger partial charge is 0.417 e. The van der Waals surface area contributed by atoms with Gasteiger partial charge in [-0.3, -0.25) is 4.79 Å². The largest absolute Gasteiger partial charge is 0.472 e. The van der Waals surface area contributed by atoms with Crippen molar-refractivity contribution in [3.05, 3.63) is 66.1 Å². The third-order valence-electron chi connectivity index (χ3n) is 6.55. The zero-order chi connectivity index (χ0) is 23.9. The third-order valence-corrected chi connectivity index (χ3v) is 6.55. The van der Waals surface area contributed by atoms with Crippen LogP contribution in [0.25, 0.3) is 5.69 Å². The second-order valence-electron chi connectivity index (χ2n) is 8.45. The van der Waals surface area contributed by atoms with E-state index in [1.54, 1.807) is 24.3 Å². The molecule has 0 N–H and O–H groups in total. The molecule has 6 rings (SSSR count). The van der Waals surface area contributed by atoms with E-state index < -0.39 is 36.6 Å². The molecule has 2 saturated heterocycles. The Morgan fingerprint density at radius 2 is 1.85 bits per heavy atom. The van der Waals surface area contributed by atoms with Crippen LogP contribution < -0.4 is 4.74 Å². The number of piperidine rings is 2. The summed E-state index contributed by atoms with van der Waals surface area (Å²) in [6, 6.07) is 7.85. The highest BCUT2D eigenvalue weighted by Gasteiger charge is 2.50. The van der Waals surface area contributed by atoms with Crippen LogP contribution in [-0.2, 0) is 6.18 Å². The number of amides is 1. The molecular weight excluding hydrogens is 454 g/mol. The van der Waals surface area contributed by atoms with Crippen LogP contribution in [0.15, 0.2) is 55.0 Å². The number of ether oxygens (including phenoxy) is 1. The molecular formula is C23H21F4N5O2. The van der Waals surface area contributed by atoms with Gasteiger partial charge in [-0.05, 0) is 43.4 Å². The number of carbonyl (C=O) groups excluding carboxylic acids is 1. The summed E-state index contributed by atoms with van der Waals surface area (Å²) in [6.07, 6.45) is 0.538. The lowest BCUT2D eigenvalue weighted by atomic mass is 9.73. The van der Waals surface area contributed by atoms with Crippen LogP contribution in [0.5, 0.6) is 5.88 Å². The zero-order valence-corrected chi connectivity index (χ0v) is 17.9. The second-order valence-corrected chi connectivity index (χ2v) is 8.45. The third kappa shape index (κ3) is 3.99. The molecule has 34 heavy (non-hydrogen) atoms. The van der Waals surface area contributed by atoms with Crippen LogP contribution in [0.2, 0.25) is 0 Å². The maximum Gasteiger partial charge on any atom is 0.417 e. The Kier molecular flexibility index (Phi) is 5.70. The van der Waals surface area contributed by atoms with Crippen LogP contribution >= 0.6 is 0 Å². The van der Waals surface area contributed by atoms with E-state index in [-0.39, 0.29) is 17.7 Å². The predicted octanol–water partition coefficient (Wildman–Crippen LogP) is 4.09. The molecule has 0 radical (unpaired) electrons. The molecule has 1 amide bonds. The van der Waals surface area contributed by atoms with Crippen molar-refractivity contribution in [2.24, 2.45) is 5.92 Å². The summed E-state index contributed by atoms with van der Waals surface area (Å²) in [6.45, 7) is -0.694. The summed E-state index contributed by atoms with van der Waals surface area (Å²) in [5.41, 5.74) is -0.0716. The molecule has 4 heterocycles. The minimum atomic E-state index is -4.50. The number of nitrogens with zero attached hydrogens (tertiary/aromatic N) is 5. The number of benzene rings is 1. The van der Waals surface area contributed by atoms with Crippen LogP contribution in [0.4, 0.5) is 17.6 Å². The van der Waals surface area contributed by atoms with E-state index in [0.29, 0.717) is 24.1 Å². The lowest BCUT2D eigenvalue weighted by Gasteiger charge is -2.53. The Hall–Kier alpha value is -3.50. The quantitative estimate of drug-likeness (QED) is 0.520. The first-order valence-electron chi connectivity index (χ1n) is 10.9. The molecule has 7 nitrogen and oxygen atoms in total. The molecule has 1 aromatic carbocycles. The summed E-state index contributed by atoms with van der Waals surface area (Å²) in [4.78, 5) is 20.4. The highest BCUT2D eigenvalue weighted by Crippen LogP contribution is 2.42. The number of carbonyl (C=O) groups is 1. The molecule has 4 atom stereocenters. The standard InChI is InChI=1S/C23H21F4N5O2/c24-12-19-14-5-7-18(20(11-14)34-21-8-6-15(13-28-21)23(25,26)27)31(19)22(33)16-3-1-2-4-17(16)32-29-9-10-30-32/h1-4,6,8-10,13-14,18-20H,5,7,11-12H2/t14-,18+,19-,20-/m1/s1. The van der Waals surface area contributed by atoms with Crippen LogP contribution in [-0.4, -0.2) is 55.6 Å². The number of hydrogen-bond acceptors (Lipinski definition) is 5. The zero-order valence-electron chi connectivity index (χ0n) is 17.9. The van der Waals surface area contributed by atoms with Gasteiger partial charge in [-0.1, -0.05) is 12.1 Å². The normalized spacial score (nSPS) is 24.3. The maximum atomic E-state index is 14.2. The Bertz CT molecular complexity index is 1150. The number of fused-ring (bicyclic) bond motifs is 3. The average molecular weight is 475 g/mol. The maximum absolute atomic E-state index is 14.2. The van der Waals surface area contributed by atoms with Crippen molar-refractivity contribution < 1.29 is 27.1 Å². The molecule has 2 aliphatic heterocycles. The summed E-state index contributed by atoms with van der Waals surface area (Å²) in [7, 11) is 0. The first-order chi connectivity index (χ1) is 16.4. The molecule has 178 valence electrons. The number of rotatable bonds is 5. The van der Waals surface area contributed by atoms with E-state index >= 15 is 0 Å². The van der Waals surface area contributed by atoms with E-state index in [4.69, 9.17) is 4.74 Å². The Morgan fingerprint density at radius 3 is 2.53 bits per heavy atom. The first-order valence-corrected chi connectivity index (χ1v) is 10.9. The van der Waals surface area contributed by atoms with Crippen molar-refractivity contribution in [3.8, 4) is 11.6 Å². The molecule has 2 bridgehead atoms. The van der Waals surface area contributed by atoms with Gasteiger partial charge in [-0.25, -0.2) is 9.37 Å². The molecule has 3 aliphatic rings. The van der Waals surface area contributed by atoms with Gasteiger partial charge in [-0.2, -0.15) is 28.2 Å². The van der Waals surface area contributed by atoms with Crippen molar-refractivity contribution in [3.63, 3.8) is 0 Å². The molecule has 1 aliphatic carbocycles. The lowest BCUT2D eigenvalue weighted by Crippen LogP contribution is -2.65. The minimum Gasteiger partial charge on any atom is -0.472 e. The van der Waals surface area contributed by atoms with Crippen LogP contribution in [0.1, 0.15) is 35.2 Å². The molecule has 0 spiro atoms. The lowest BCUT2D eigenvalue weighted by molar-refractivity contribution is -0.137. The minimum absolute atomic E-state index is 0.0379. The highest BCUT2D eigenvalue weighted by atomic mass is 19.4. The number of hydrogen-bond donors (Lipinski definition) is 0.